The second-order valence-corrected chi connectivity index (χ2v) is 4.44. The fourth-order valence-electron chi connectivity index (χ4n) is 2.23. The molecule has 1 saturated heterocycles. The first-order chi connectivity index (χ1) is 6.84. The number of nitrogens with one attached hydrogen (secondary N) is 1. The van der Waals surface area contributed by atoms with E-state index in [0.717, 1.165) is 12.6 Å². The molecule has 0 radical (unpaired) electrons. The number of unbranched alkanes of at least 4 members (excludes halogenated alkanes) is 1. The summed E-state index contributed by atoms with van der Waals surface area (Å²) in [4.78, 5) is 2.66. The van der Waals surface area contributed by atoms with Gasteiger partial charge in [0.25, 0.3) is 0 Å². The molecule has 0 saturated carbocycles. The van der Waals surface area contributed by atoms with Crippen LogP contribution in [0.4, 0.5) is 0 Å². The molecule has 14 heavy (non-hydrogen) atoms. The highest BCUT2D eigenvalue weighted by atomic mass is 15.1. The Bertz CT molecular complexity index is 136. The smallest absolute Gasteiger partial charge is 0.00669 e. The van der Waals surface area contributed by atoms with Crippen LogP contribution in [0.25, 0.3) is 0 Å². The highest BCUT2D eigenvalue weighted by Gasteiger charge is 2.16. The van der Waals surface area contributed by atoms with Crippen molar-refractivity contribution in [2.24, 2.45) is 0 Å². The zero-order chi connectivity index (χ0) is 10.2. The van der Waals surface area contributed by atoms with Crippen molar-refractivity contribution in [3.05, 3.63) is 0 Å². The molecule has 1 N–H and O–H groups in total. The average molecular weight is 198 g/mol. The Balaban J connectivity index is 1.99. The van der Waals surface area contributed by atoms with Crippen LogP contribution in [-0.4, -0.2) is 37.1 Å². The van der Waals surface area contributed by atoms with Gasteiger partial charge in [0.1, 0.15) is 0 Å². The Morgan fingerprint density at radius 1 is 1.29 bits per heavy atom. The van der Waals surface area contributed by atoms with Gasteiger partial charge in [-0.3, -0.25) is 0 Å². The van der Waals surface area contributed by atoms with Crippen molar-refractivity contribution in [3.8, 4) is 0 Å². The molecule has 0 spiro atoms. The first-order valence-corrected chi connectivity index (χ1v) is 6.29. The maximum absolute atomic E-state index is 3.38. The largest absolute Gasteiger partial charge is 0.317 e. The quantitative estimate of drug-likeness (QED) is 0.659. The van der Waals surface area contributed by atoms with Crippen molar-refractivity contribution in [1.29, 1.82) is 0 Å². The van der Waals surface area contributed by atoms with Gasteiger partial charge in [0, 0.05) is 6.04 Å². The summed E-state index contributed by atoms with van der Waals surface area (Å²) in [6, 6.07) is 0.836. The molecule has 1 atom stereocenters. The Morgan fingerprint density at radius 3 is 2.86 bits per heavy atom. The number of nitrogens with zero attached hydrogens (tertiary/aromatic N) is 1. The van der Waals surface area contributed by atoms with E-state index in [1.54, 1.807) is 0 Å². The highest BCUT2D eigenvalue weighted by molar-refractivity contribution is 4.72. The van der Waals surface area contributed by atoms with Gasteiger partial charge in [0.15, 0.2) is 0 Å². The van der Waals surface area contributed by atoms with E-state index in [1.165, 1.54) is 51.7 Å². The van der Waals surface area contributed by atoms with Gasteiger partial charge >= 0.3 is 0 Å². The Morgan fingerprint density at radius 2 is 2.14 bits per heavy atom. The lowest BCUT2D eigenvalue weighted by molar-refractivity contribution is 0.158. The molecule has 0 amide bonds. The third-order valence-corrected chi connectivity index (χ3v) is 3.24. The van der Waals surface area contributed by atoms with Crippen molar-refractivity contribution in [2.75, 3.05) is 26.2 Å². The van der Waals surface area contributed by atoms with Gasteiger partial charge in [-0.05, 0) is 58.8 Å². The van der Waals surface area contributed by atoms with Crippen LogP contribution in [0.3, 0.4) is 0 Å². The van der Waals surface area contributed by atoms with Crippen molar-refractivity contribution in [1.82, 2.24) is 10.2 Å². The third-order valence-electron chi connectivity index (χ3n) is 3.24. The highest BCUT2D eigenvalue weighted by Crippen LogP contribution is 2.16. The first-order valence-electron chi connectivity index (χ1n) is 6.29. The Kier molecular flexibility index (Phi) is 6.20. The molecular weight excluding hydrogens is 172 g/mol. The van der Waals surface area contributed by atoms with Gasteiger partial charge in [0.2, 0.25) is 0 Å². The Labute approximate surface area is 89.1 Å². The van der Waals surface area contributed by atoms with Crippen LogP contribution >= 0.6 is 0 Å². The molecule has 2 heteroatoms. The Hall–Kier alpha value is -0.0800. The summed E-state index contributed by atoms with van der Waals surface area (Å²) >= 11 is 0. The second-order valence-electron chi connectivity index (χ2n) is 4.44. The van der Waals surface area contributed by atoms with Crippen LogP contribution in [0.1, 0.15) is 46.0 Å². The molecule has 1 heterocycles. The molecule has 0 aromatic carbocycles. The summed E-state index contributed by atoms with van der Waals surface area (Å²) in [6.45, 7) is 9.50. The summed E-state index contributed by atoms with van der Waals surface area (Å²) in [5, 5.41) is 3.38. The molecule has 1 rings (SSSR count). The van der Waals surface area contributed by atoms with E-state index >= 15 is 0 Å². The second kappa shape index (κ2) is 7.24. The molecular formula is C12H26N2. The molecule has 0 aromatic rings. The van der Waals surface area contributed by atoms with E-state index < -0.39 is 0 Å². The first kappa shape index (κ1) is 12.0. The van der Waals surface area contributed by atoms with Gasteiger partial charge in [0.05, 0.1) is 0 Å². The molecule has 2 nitrogen and oxygen atoms in total. The van der Waals surface area contributed by atoms with Gasteiger partial charge in [-0.25, -0.2) is 0 Å². The molecule has 0 aromatic heterocycles. The molecule has 1 fully saturated rings. The standard InChI is InChI=1S/C12H26N2/c1-3-13-9-5-7-11-14-10-6-4-8-12(14)2/h12-13H,3-11H2,1-2H3. The average Bonchev–Trinajstić information content (AvgIpc) is 2.20. The summed E-state index contributed by atoms with van der Waals surface area (Å²) in [6.07, 6.45) is 6.95. The van der Waals surface area contributed by atoms with E-state index in [0.29, 0.717) is 0 Å². The number of hydrogen-bond acceptors (Lipinski definition) is 2. The monoisotopic (exact) mass is 198 g/mol. The lowest BCUT2D eigenvalue weighted by Crippen LogP contribution is -2.38. The molecule has 84 valence electrons. The predicted octanol–water partition coefficient (Wildman–Crippen LogP) is 2.25. The topological polar surface area (TPSA) is 15.3 Å². The van der Waals surface area contributed by atoms with Gasteiger partial charge < -0.3 is 10.2 Å². The zero-order valence-electron chi connectivity index (χ0n) is 9.89. The number of hydrogen-bond donors (Lipinski definition) is 1. The normalized spacial score (nSPS) is 24.0. The van der Waals surface area contributed by atoms with Crippen LogP contribution in [0, 0.1) is 0 Å². The van der Waals surface area contributed by atoms with E-state index in [-0.39, 0.29) is 0 Å². The molecule has 1 unspecified atom stereocenters. The molecule has 1 aliphatic heterocycles. The minimum atomic E-state index is 0.836. The molecule has 0 bridgehead atoms. The van der Waals surface area contributed by atoms with Gasteiger partial charge in [-0.15, -0.1) is 0 Å². The lowest BCUT2D eigenvalue weighted by Gasteiger charge is -2.33. The van der Waals surface area contributed by atoms with Gasteiger partial charge in [-0.2, -0.15) is 0 Å². The van der Waals surface area contributed by atoms with Crippen molar-refractivity contribution >= 4 is 0 Å². The summed E-state index contributed by atoms with van der Waals surface area (Å²) < 4.78 is 0. The fourth-order valence-corrected chi connectivity index (χ4v) is 2.23. The number of likely N-dealkylation sites (tertiary alicyclic amines) is 1. The van der Waals surface area contributed by atoms with E-state index in [9.17, 15) is 0 Å². The number of rotatable bonds is 6. The predicted molar refractivity (Wildman–Crippen MR) is 62.7 cm³/mol. The van der Waals surface area contributed by atoms with Gasteiger partial charge in [-0.1, -0.05) is 13.3 Å². The maximum atomic E-state index is 3.38. The summed E-state index contributed by atoms with van der Waals surface area (Å²) in [5.74, 6) is 0. The zero-order valence-corrected chi connectivity index (χ0v) is 9.89. The minimum absolute atomic E-state index is 0.836. The molecule has 1 aliphatic rings. The van der Waals surface area contributed by atoms with E-state index in [4.69, 9.17) is 0 Å². The third kappa shape index (κ3) is 4.43. The van der Waals surface area contributed by atoms with E-state index in [1.807, 2.05) is 0 Å². The van der Waals surface area contributed by atoms with Crippen LogP contribution < -0.4 is 5.32 Å². The molecule has 0 aliphatic carbocycles. The van der Waals surface area contributed by atoms with Crippen LogP contribution in [-0.2, 0) is 0 Å². The van der Waals surface area contributed by atoms with E-state index in [2.05, 4.69) is 24.1 Å². The maximum Gasteiger partial charge on any atom is 0.00669 e. The van der Waals surface area contributed by atoms with Crippen molar-refractivity contribution in [2.45, 2.75) is 52.0 Å². The lowest BCUT2D eigenvalue weighted by atomic mass is 10.0. The van der Waals surface area contributed by atoms with Crippen LogP contribution in [0.2, 0.25) is 0 Å². The summed E-state index contributed by atoms with van der Waals surface area (Å²) in [7, 11) is 0. The SMILES string of the molecule is CCNCCCCN1CCCCC1C. The van der Waals surface area contributed by atoms with Crippen molar-refractivity contribution in [3.63, 3.8) is 0 Å². The van der Waals surface area contributed by atoms with Crippen LogP contribution in [0.5, 0.6) is 0 Å². The van der Waals surface area contributed by atoms with Crippen LogP contribution in [0.15, 0.2) is 0 Å². The summed E-state index contributed by atoms with van der Waals surface area (Å²) in [5.41, 5.74) is 0. The fraction of sp³-hybridized carbons (Fsp3) is 1.00. The minimum Gasteiger partial charge on any atom is -0.317 e. The number of piperidine rings is 1. The van der Waals surface area contributed by atoms with Crippen molar-refractivity contribution < 1.29 is 0 Å².